The van der Waals surface area contributed by atoms with Crippen LogP contribution in [0.2, 0.25) is 0 Å². The summed E-state index contributed by atoms with van der Waals surface area (Å²) in [4.78, 5) is 36.6. The fourth-order valence-electron chi connectivity index (χ4n) is 3.50. The highest BCUT2D eigenvalue weighted by atomic mass is 16.5. The molecule has 0 bridgehead atoms. The van der Waals surface area contributed by atoms with E-state index in [1.165, 1.54) is 6.92 Å². The number of nitrogens with one attached hydrogen (secondary N) is 2. The quantitative estimate of drug-likeness (QED) is 0.409. The van der Waals surface area contributed by atoms with E-state index in [2.05, 4.69) is 10.6 Å². The third-order valence-corrected chi connectivity index (χ3v) is 5.25. The minimum atomic E-state index is -0.921. The summed E-state index contributed by atoms with van der Waals surface area (Å²) in [5.41, 5.74) is 8.33. The first-order valence-corrected chi connectivity index (χ1v) is 11.1. The fraction of sp³-hybridized carbons (Fsp3) is 0.222. The highest BCUT2D eigenvalue weighted by molar-refractivity contribution is 5.91. The van der Waals surface area contributed by atoms with Crippen LogP contribution in [0.3, 0.4) is 0 Å². The van der Waals surface area contributed by atoms with Gasteiger partial charge in [-0.3, -0.25) is 14.4 Å². The van der Waals surface area contributed by atoms with Crippen molar-refractivity contribution in [1.29, 1.82) is 0 Å². The molecule has 0 saturated heterocycles. The molecular formula is C27H29N3O4. The molecule has 0 aliphatic heterocycles. The van der Waals surface area contributed by atoms with Crippen molar-refractivity contribution >= 4 is 17.7 Å². The smallest absolute Gasteiger partial charge is 0.243 e. The maximum atomic E-state index is 12.9. The summed E-state index contributed by atoms with van der Waals surface area (Å²) in [6.45, 7) is 1.80. The molecular weight excluding hydrogens is 430 g/mol. The summed E-state index contributed by atoms with van der Waals surface area (Å²) in [6, 6.07) is 24.7. The van der Waals surface area contributed by atoms with Gasteiger partial charge in [-0.1, -0.05) is 72.8 Å². The van der Waals surface area contributed by atoms with Crippen molar-refractivity contribution in [3.8, 4) is 5.75 Å². The number of nitrogens with two attached hydrogens (primary N) is 1. The van der Waals surface area contributed by atoms with E-state index in [-0.39, 0.29) is 12.3 Å². The molecule has 0 aliphatic rings. The molecule has 176 valence electrons. The summed E-state index contributed by atoms with van der Waals surface area (Å²) >= 11 is 0. The van der Waals surface area contributed by atoms with E-state index in [1.807, 2.05) is 84.9 Å². The Kier molecular flexibility index (Phi) is 8.80. The normalized spacial score (nSPS) is 12.3. The van der Waals surface area contributed by atoms with Crippen molar-refractivity contribution in [3.63, 3.8) is 0 Å². The third-order valence-electron chi connectivity index (χ3n) is 5.25. The summed E-state index contributed by atoms with van der Waals surface area (Å²) in [6.07, 6.45) is 0.517. The lowest BCUT2D eigenvalue weighted by molar-refractivity contribution is -0.130. The summed E-state index contributed by atoms with van der Waals surface area (Å²) in [7, 11) is 0. The van der Waals surface area contributed by atoms with Gasteiger partial charge in [-0.2, -0.15) is 0 Å². The number of ether oxygens (including phenoxy) is 1. The standard InChI is InChI=1S/C27H29N3O4/c1-19(31)29-25(17-20-8-4-2-5-9-20)27(33)30-24(26(28)32)16-21-12-14-23(15-13-21)34-18-22-10-6-3-7-11-22/h2-15,24-25H,16-18H2,1H3,(H2,28,32)(H,29,31)(H,30,33)/t24-,25-/m0/s1. The minimum Gasteiger partial charge on any atom is -0.489 e. The van der Waals surface area contributed by atoms with E-state index in [1.54, 1.807) is 0 Å². The predicted molar refractivity (Wildman–Crippen MR) is 130 cm³/mol. The Morgan fingerprint density at radius 3 is 1.82 bits per heavy atom. The Hall–Kier alpha value is -4.13. The number of rotatable bonds is 11. The van der Waals surface area contributed by atoms with Gasteiger partial charge >= 0.3 is 0 Å². The third kappa shape index (κ3) is 7.78. The number of hydrogen-bond acceptors (Lipinski definition) is 4. The molecule has 3 amide bonds. The number of amides is 3. The van der Waals surface area contributed by atoms with Gasteiger partial charge < -0.3 is 21.1 Å². The van der Waals surface area contributed by atoms with Crippen molar-refractivity contribution < 1.29 is 19.1 Å². The Morgan fingerprint density at radius 1 is 0.735 bits per heavy atom. The molecule has 0 unspecified atom stereocenters. The lowest BCUT2D eigenvalue weighted by Gasteiger charge is -2.22. The van der Waals surface area contributed by atoms with Crippen molar-refractivity contribution in [2.45, 2.75) is 38.5 Å². The van der Waals surface area contributed by atoms with Crippen molar-refractivity contribution in [2.24, 2.45) is 5.73 Å². The van der Waals surface area contributed by atoms with E-state index in [9.17, 15) is 14.4 Å². The predicted octanol–water partition coefficient (Wildman–Crippen LogP) is 2.53. The zero-order valence-electron chi connectivity index (χ0n) is 19.1. The highest BCUT2D eigenvalue weighted by Gasteiger charge is 2.25. The van der Waals surface area contributed by atoms with Gasteiger partial charge in [0.25, 0.3) is 0 Å². The van der Waals surface area contributed by atoms with Crippen LogP contribution >= 0.6 is 0 Å². The largest absolute Gasteiger partial charge is 0.489 e. The molecule has 2 atom stereocenters. The Balaban J connectivity index is 1.61. The molecule has 0 radical (unpaired) electrons. The average molecular weight is 460 g/mol. The molecule has 4 N–H and O–H groups in total. The molecule has 0 spiro atoms. The number of benzene rings is 3. The summed E-state index contributed by atoms with van der Waals surface area (Å²) in [5, 5.41) is 5.34. The lowest BCUT2D eigenvalue weighted by Crippen LogP contribution is -2.54. The Labute approximate surface area is 199 Å². The highest BCUT2D eigenvalue weighted by Crippen LogP contribution is 2.15. The van der Waals surface area contributed by atoms with Crippen LogP contribution in [0.15, 0.2) is 84.9 Å². The first-order valence-electron chi connectivity index (χ1n) is 11.1. The summed E-state index contributed by atoms with van der Waals surface area (Å²) in [5.74, 6) is -0.761. The van der Waals surface area contributed by atoms with Crippen LogP contribution in [0, 0.1) is 0 Å². The maximum absolute atomic E-state index is 12.9. The molecule has 7 nitrogen and oxygen atoms in total. The van der Waals surface area contributed by atoms with Crippen LogP contribution in [0.1, 0.15) is 23.6 Å². The van der Waals surface area contributed by atoms with E-state index in [0.29, 0.717) is 18.8 Å². The molecule has 0 heterocycles. The number of hydrogen-bond donors (Lipinski definition) is 3. The molecule has 7 heteroatoms. The summed E-state index contributed by atoms with van der Waals surface area (Å²) < 4.78 is 5.79. The van der Waals surface area contributed by atoms with E-state index >= 15 is 0 Å². The van der Waals surface area contributed by atoms with Crippen LogP contribution in [0.25, 0.3) is 0 Å². The van der Waals surface area contributed by atoms with Crippen LogP contribution in [-0.4, -0.2) is 29.8 Å². The first kappa shape index (κ1) is 24.5. The van der Waals surface area contributed by atoms with Gasteiger partial charge in [0.15, 0.2) is 0 Å². The van der Waals surface area contributed by atoms with Crippen LogP contribution in [0.4, 0.5) is 0 Å². The van der Waals surface area contributed by atoms with Gasteiger partial charge in [-0.05, 0) is 28.8 Å². The molecule has 3 aromatic rings. The molecule has 0 saturated carbocycles. The molecule has 3 aromatic carbocycles. The van der Waals surface area contributed by atoms with Crippen molar-refractivity contribution in [3.05, 3.63) is 102 Å². The average Bonchev–Trinajstić information content (AvgIpc) is 2.83. The minimum absolute atomic E-state index is 0.220. The molecule has 3 rings (SSSR count). The van der Waals surface area contributed by atoms with Gasteiger partial charge in [-0.15, -0.1) is 0 Å². The fourth-order valence-corrected chi connectivity index (χ4v) is 3.50. The van der Waals surface area contributed by atoms with Gasteiger partial charge in [0.1, 0.15) is 24.4 Å². The zero-order chi connectivity index (χ0) is 24.3. The Morgan fingerprint density at radius 2 is 1.26 bits per heavy atom. The van der Waals surface area contributed by atoms with Gasteiger partial charge in [-0.25, -0.2) is 0 Å². The van der Waals surface area contributed by atoms with Crippen LogP contribution in [-0.2, 0) is 33.8 Å². The van der Waals surface area contributed by atoms with Gasteiger partial charge in [0.2, 0.25) is 17.7 Å². The van der Waals surface area contributed by atoms with Crippen LogP contribution < -0.4 is 21.1 Å². The van der Waals surface area contributed by atoms with E-state index in [0.717, 1.165) is 16.7 Å². The monoisotopic (exact) mass is 459 g/mol. The molecule has 0 aliphatic carbocycles. The first-order chi connectivity index (χ1) is 16.4. The van der Waals surface area contributed by atoms with Crippen molar-refractivity contribution in [2.75, 3.05) is 0 Å². The van der Waals surface area contributed by atoms with E-state index < -0.39 is 23.9 Å². The second-order valence-corrected chi connectivity index (χ2v) is 8.03. The SMILES string of the molecule is CC(=O)N[C@@H](Cc1ccccc1)C(=O)N[C@@H](Cc1ccc(OCc2ccccc2)cc1)C(N)=O. The molecule has 0 aromatic heterocycles. The number of primary amides is 1. The van der Waals surface area contributed by atoms with E-state index in [4.69, 9.17) is 10.5 Å². The van der Waals surface area contributed by atoms with Gasteiger partial charge in [0.05, 0.1) is 0 Å². The molecule has 0 fully saturated rings. The molecule has 34 heavy (non-hydrogen) atoms. The topological polar surface area (TPSA) is 111 Å². The van der Waals surface area contributed by atoms with Gasteiger partial charge in [0, 0.05) is 19.8 Å². The van der Waals surface area contributed by atoms with Crippen molar-refractivity contribution in [1.82, 2.24) is 10.6 Å². The lowest BCUT2D eigenvalue weighted by atomic mass is 10.0. The Bertz CT molecular complexity index is 1090. The zero-order valence-corrected chi connectivity index (χ0v) is 19.1. The number of carbonyl (C=O) groups is 3. The maximum Gasteiger partial charge on any atom is 0.243 e. The second kappa shape index (κ2) is 12.2. The second-order valence-electron chi connectivity index (χ2n) is 8.03. The number of carbonyl (C=O) groups excluding carboxylic acids is 3. The van der Waals surface area contributed by atoms with Crippen LogP contribution in [0.5, 0.6) is 5.75 Å².